The third-order valence-corrected chi connectivity index (χ3v) is 6.12. The lowest BCUT2D eigenvalue weighted by Gasteiger charge is -2.41. The maximum absolute atomic E-state index is 11.6. The molecule has 3 N–H and O–H groups in total. The van der Waals surface area contributed by atoms with Gasteiger partial charge in [-0.15, -0.1) is 0 Å². The van der Waals surface area contributed by atoms with E-state index in [1.807, 2.05) is 0 Å². The van der Waals surface area contributed by atoms with Crippen molar-refractivity contribution in [2.24, 2.45) is 17.1 Å². The van der Waals surface area contributed by atoms with Gasteiger partial charge < -0.3 is 10.8 Å². The normalized spacial score (nSPS) is 37.2. The summed E-state index contributed by atoms with van der Waals surface area (Å²) in [5.41, 5.74) is 4.19. The highest BCUT2D eigenvalue weighted by Gasteiger charge is 2.54. The van der Waals surface area contributed by atoms with Crippen LogP contribution in [0.3, 0.4) is 0 Å². The van der Waals surface area contributed by atoms with Crippen LogP contribution in [-0.4, -0.2) is 37.2 Å². The van der Waals surface area contributed by atoms with Gasteiger partial charge in [-0.25, -0.2) is 8.42 Å². The van der Waals surface area contributed by atoms with Crippen molar-refractivity contribution in [3.63, 3.8) is 0 Å². The molecule has 0 bridgehead atoms. The first-order chi connectivity index (χ1) is 7.30. The van der Waals surface area contributed by atoms with E-state index >= 15 is 0 Å². The van der Waals surface area contributed by atoms with E-state index < -0.39 is 20.9 Å². The number of rotatable bonds is 4. The predicted octanol–water partition coefficient (Wildman–Crippen LogP) is 0.301. The van der Waals surface area contributed by atoms with Crippen molar-refractivity contribution in [1.82, 2.24) is 0 Å². The molecule has 94 valence electrons. The average Bonchev–Trinajstić information content (AvgIpc) is 2.88. The second-order valence-corrected chi connectivity index (χ2v) is 7.93. The third kappa shape index (κ3) is 2.13. The molecule has 0 aromatic heterocycles. The molecule has 2 atom stereocenters. The van der Waals surface area contributed by atoms with E-state index in [-0.39, 0.29) is 18.1 Å². The van der Waals surface area contributed by atoms with Gasteiger partial charge in [-0.3, -0.25) is 0 Å². The molecule has 0 spiro atoms. The Bertz CT molecular complexity index is 373. The summed E-state index contributed by atoms with van der Waals surface area (Å²) in [5.74, 6) is 0.794. The van der Waals surface area contributed by atoms with Crippen molar-refractivity contribution < 1.29 is 13.5 Å². The zero-order chi connectivity index (χ0) is 12.0. The lowest BCUT2D eigenvalue weighted by molar-refractivity contribution is -0.0626. The number of nitrogens with two attached hydrogens (primary N) is 1. The maximum Gasteiger partial charge on any atom is 0.151 e. The molecule has 1 saturated carbocycles. The summed E-state index contributed by atoms with van der Waals surface area (Å²) in [5, 5.41) is 10.6. The van der Waals surface area contributed by atoms with E-state index in [2.05, 4.69) is 0 Å². The first-order valence-electron chi connectivity index (χ1n) is 5.93. The lowest BCUT2D eigenvalue weighted by Crippen LogP contribution is -2.52. The monoisotopic (exact) mass is 247 g/mol. The largest absolute Gasteiger partial charge is 0.390 e. The molecule has 2 fully saturated rings. The molecule has 1 saturated heterocycles. The second-order valence-electron chi connectivity index (χ2n) is 5.75. The van der Waals surface area contributed by atoms with Crippen LogP contribution in [-0.2, 0) is 9.84 Å². The van der Waals surface area contributed by atoms with Crippen LogP contribution in [0.4, 0.5) is 0 Å². The molecule has 2 aliphatic rings. The van der Waals surface area contributed by atoms with Crippen LogP contribution in [0.5, 0.6) is 0 Å². The molecule has 0 aromatic carbocycles. The third-order valence-electron chi connectivity index (χ3n) is 4.30. The molecule has 2 unspecified atom stereocenters. The van der Waals surface area contributed by atoms with Gasteiger partial charge in [0.15, 0.2) is 9.84 Å². The number of aliphatic hydroxyl groups is 1. The van der Waals surface area contributed by atoms with Gasteiger partial charge in [0.1, 0.15) is 0 Å². The Kier molecular flexibility index (Phi) is 2.84. The molecule has 16 heavy (non-hydrogen) atoms. The van der Waals surface area contributed by atoms with E-state index in [0.29, 0.717) is 18.8 Å². The molecule has 1 aliphatic carbocycles. The Labute approximate surface area is 97.1 Å². The topological polar surface area (TPSA) is 80.4 Å². The smallest absolute Gasteiger partial charge is 0.151 e. The van der Waals surface area contributed by atoms with Gasteiger partial charge >= 0.3 is 0 Å². The maximum atomic E-state index is 11.6. The fraction of sp³-hybridized carbons (Fsp3) is 1.00. The Balaban J connectivity index is 2.20. The minimum absolute atomic E-state index is 0.0518. The van der Waals surface area contributed by atoms with Gasteiger partial charge in [0.2, 0.25) is 0 Å². The molecule has 0 amide bonds. The zero-order valence-corrected chi connectivity index (χ0v) is 10.6. The summed E-state index contributed by atoms with van der Waals surface area (Å²) >= 11 is 0. The summed E-state index contributed by atoms with van der Waals surface area (Å²) < 4.78 is 23.2. The molecule has 5 heteroatoms. The van der Waals surface area contributed by atoms with Gasteiger partial charge in [0.25, 0.3) is 0 Å². The standard InChI is InChI=1S/C11H21NO3S/c1-10(13,6-9-2-3-9)11(7-12)4-5-16(14,15)8-11/h9,13H,2-8,12H2,1H3. The van der Waals surface area contributed by atoms with Crippen LogP contribution < -0.4 is 5.73 Å². The molecule has 0 radical (unpaired) electrons. The number of hydrogen-bond acceptors (Lipinski definition) is 4. The minimum Gasteiger partial charge on any atom is -0.390 e. The van der Waals surface area contributed by atoms with Gasteiger partial charge in [-0.1, -0.05) is 12.8 Å². The molecular weight excluding hydrogens is 226 g/mol. The molecule has 1 aliphatic heterocycles. The van der Waals surface area contributed by atoms with Crippen molar-refractivity contribution in [3.05, 3.63) is 0 Å². The Morgan fingerprint density at radius 1 is 1.50 bits per heavy atom. The minimum atomic E-state index is -3.00. The van der Waals surface area contributed by atoms with Crippen molar-refractivity contribution in [1.29, 1.82) is 0 Å². The Morgan fingerprint density at radius 3 is 2.50 bits per heavy atom. The lowest BCUT2D eigenvalue weighted by atomic mass is 9.70. The van der Waals surface area contributed by atoms with Crippen LogP contribution in [0.15, 0.2) is 0 Å². The van der Waals surface area contributed by atoms with Crippen LogP contribution in [0, 0.1) is 11.3 Å². The second kappa shape index (κ2) is 3.68. The molecular formula is C11H21NO3S. The first kappa shape index (κ1) is 12.3. The van der Waals surface area contributed by atoms with Gasteiger partial charge in [0, 0.05) is 12.0 Å². The van der Waals surface area contributed by atoms with Crippen molar-refractivity contribution >= 4 is 9.84 Å². The highest BCUT2D eigenvalue weighted by molar-refractivity contribution is 7.91. The van der Waals surface area contributed by atoms with Crippen molar-refractivity contribution in [2.45, 2.75) is 38.2 Å². The molecule has 1 heterocycles. The zero-order valence-electron chi connectivity index (χ0n) is 9.78. The van der Waals surface area contributed by atoms with Crippen LogP contribution in [0.1, 0.15) is 32.6 Å². The van der Waals surface area contributed by atoms with Crippen LogP contribution in [0.2, 0.25) is 0 Å². The number of hydrogen-bond donors (Lipinski definition) is 2. The van der Waals surface area contributed by atoms with Gasteiger partial charge in [-0.05, 0) is 25.7 Å². The van der Waals surface area contributed by atoms with Gasteiger partial charge in [-0.2, -0.15) is 0 Å². The average molecular weight is 247 g/mol. The van der Waals surface area contributed by atoms with Crippen molar-refractivity contribution in [3.8, 4) is 0 Å². The van der Waals surface area contributed by atoms with Crippen LogP contribution in [0.25, 0.3) is 0 Å². The summed E-state index contributed by atoms with van der Waals surface area (Å²) in [6, 6.07) is 0. The SMILES string of the molecule is CC(O)(CC1CC1)C1(CN)CCS(=O)(=O)C1. The predicted molar refractivity (Wildman–Crippen MR) is 62.7 cm³/mol. The summed E-state index contributed by atoms with van der Waals surface area (Å²) in [4.78, 5) is 0. The number of sulfone groups is 1. The van der Waals surface area contributed by atoms with E-state index in [0.717, 1.165) is 12.8 Å². The Hall–Kier alpha value is -0.130. The summed E-state index contributed by atoms with van der Waals surface area (Å²) in [7, 11) is -3.00. The fourth-order valence-corrected chi connectivity index (χ4v) is 5.08. The van der Waals surface area contributed by atoms with E-state index in [9.17, 15) is 13.5 Å². The summed E-state index contributed by atoms with van der Waals surface area (Å²) in [6.45, 7) is 2.02. The molecule has 4 nitrogen and oxygen atoms in total. The van der Waals surface area contributed by atoms with E-state index in [1.54, 1.807) is 6.92 Å². The highest BCUT2D eigenvalue weighted by Crippen LogP contribution is 2.48. The summed E-state index contributed by atoms with van der Waals surface area (Å²) in [6.07, 6.45) is 3.51. The molecule has 0 aromatic rings. The Morgan fingerprint density at radius 2 is 2.12 bits per heavy atom. The van der Waals surface area contributed by atoms with Crippen LogP contribution >= 0.6 is 0 Å². The fourth-order valence-electron chi connectivity index (χ4n) is 2.82. The first-order valence-corrected chi connectivity index (χ1v) is 7.75. The quantitative estimate of drug-likeness (QED) is 0.749. The van der Waals surface area contributed by atoms with Crippen molar-refractivity contribution in [2.75, 3.05) is 18.1 Å². The molecule has 2 rings (SSSR count). The van der Waals surface area contributed by atoms with E-state index in [4.69, 9.17) is 5.73 Å². The highest BCUT2D eigenvalue weighted by atomic mass is 32.2. The van der Waals surface area contributed by atoms with E-state index in [1.165, 1.54) is 0 Å². The van der Waals surface area contributed by atoms with Gasteiger partial charge in [0.05, 0.1) is 17.1 Å².